The van der Waals surface area contributed by atoms with Crippen LogP contribution in [0, 0.1) is 13.8 Å². The van der Waals surface area contributed by atoms with Gasteiger partial charge in [0.1, 0.15) is 11.5 Å². The van der Waals surface area contributed by atoms with Gasteiger partial charge >= 0.3 is 0 Å². The van der Waals surface area contributed by atoms with Crippen molar-refractivity contribution in [1.82, 2.24) is 0 Å². The summed E-state index contributed by atoms with van der Waals surface area (Å²) in [6, 6.07) is 15.8. The molecule has 5 nitrogen and oxygen atoms in total. The van der Waals surface area contributed by atoms with Gasteiger partial charge in [0.15, 0.2) is 0 Å². The van der Waals surface area contributed by atoms with Crippen molar-refractivity contribution >= 4 is 50.7 Å². The maximum Gasteiger partial charge on any atom is 0.300 e. The van der Waals surface area contributed by atoms with Gasteiger partial charge in [0.25, 0.3) is 11.7 Å². The number of aromatic hydroxyl groups is 1. The van der Waals surface area contributed by atoms with Crippen molar-refractivity contribution in [3.05, 3.63) is 98.0 Å². The summed E-state index contributed by atoms with van der Waals surface area (Å²) in [5.74, 6) is -1.94. The molecule has 0 bridgehead atoms. The van der Waals surface area contributed by atoms with Crippen molar-refractivity contribution in [3.8, 4) is 5.75 Å². The minimum Gasteiger partial charge on any atom is -0.507 e. The number of amides is 1. The Balaban J connectivity index is 1.97. The van der Waals surface area contributed by atoms with Crippen LogP contribution in [0.25, 0.3) is 5.76 Å². The summed E-state index contributed by atoms with van der Waals surface area (Å²) in [6.45, 7) is 3.88. The molecular formula is C25H19BrClNO4. The Morgan fingerprint density at radius 3 is 2.28 bits per heavy atom. The van der Waals surface area contributed by atoms with Crippen LogP contribution in [0.3, 0.4) is 0 Å². The number of halogens is 2. The number of Topliss-reactive ketones (excluding diaryl/α,β-unsaturated/α-hetero) is 1. The van der Waals surface area contributed by atoms with Crippen LogP contribution in [-0.4, -0.2) is 21.9 Å². The molecule has 1 heterocycles. The first-order valence-electron chi connectivity index (χ1n) is 9.81. The first kappa shape index (κ1) is 22.1. The van der Waals surface area contributed by atoms with Crippen molar-refractivity contribution in [2.75, 3.05) is 4.90 Å². The number of phenolic OH excluding ortho intramolecular Hbond substituents is 1. The largest absolute Gasteiger partial charge is 0.507 e. The average Bonchev–Trinajstić information content (AvgIpc) is 3.03. The van der Waals surface area contributed by atoms with Gasteiger partial charge in [-0.2, -0.15) is 0 Å². The lowest BCUT2D eigenvalue weighted by Gasteiger charge is -2.26. The highest BCUT2D eigenvalue weighted by Crippen LogP contribution is 2.43. The fourth-order valence-electron chi connectivity index (χ4n) is 3.75. The molecule has 4 rings (SSSR count). The highest BCUT2D eigenvalue weighted by molar-refractivity contribution is 9.10. The molecule has 7 heteroatoms. The van der Waals surface area contributed by atoms with Crippen molar-refractivity contribution in [1.29, 1.82) is 0 Å². The van der Waals surface area contributed by atoms with Crippen LogP contribution in [-0.2, 0) is 9.59 Å². The molecule has 0 aliphatic carbocycles. The Bertz CT molecular complexity index is 1280. The number of ketones is 1. The van der Waals surface area contributed by atoms with Crippen LogP contribution in [0.4, 0.5) is 5.69 Å². The highest BCUT2D eigenvalue weighted by atomic mass is 79.9. The minimum absolute atomic E-state index is 0.0442. The third-order valence-corrected chi connectivity index (χ3v) is 6.45. The van der Waals surface area contributed by atoms with E-state index in [1.54, 1.807) is 36.4 Å². The summed E-state index contributed by atoms with van der Waals surface area (Å²) in [7, 11) is 0. The molecule has 1 aliphatic heterocycles. The van der Waals surface area contributed by atoms with Gasteiger partial charge in [-0.05, 0) is 66.9 Å². The first-order chi connectivity index (χ1) is 15.2. The zero-order valence-electron chi connectivity index (χ0n) is 17.3. The topological polar surface area (TPSA) is 77.8 Å². The van der Waals surface area contributed by atoms with Crippen LogP contribution in [0.5, 0.6) is 5.75 Å². The number of aryl methyl sites for hydroxylation is 2. The van der Waals surface area contributed by atoms with Crippen molar-refractivity contribution in [2.24, 2.45) is 0 Å². The van der Waals surface area contributed by atoms with E-state index < -0.39 is 17.7 Å². The molecule has 0 aromatic heterocycles. The number of aliphatic hydroxyl groups excluding tert-OH is 1. The van der Waals surface area contributed by atoms with E-state index in [0.717, 1.165) is 15.6 Å². The predicted octanol–water partition coefficient (Wildman–Crippen LogP) is 6.05. The number of nitrogens with zero attached hydrogens (tertiary/aromatic N) is 1. The van der Waals surface area contributed by atoms with Crippen molar-refractivity contribution < 1.29 is 19.8 Å². The molecule has 3 aromatic carbocycles. The number of aliphatic hydroxyl groups is 1. The summed E-state index contributed by atoms with van der Waals surface area (Å²) >= 11 is 9.49. The zero-order valence-corrected chi connectivity index (χ0v) is 19.6. The number of carbonyl (C=O) groups excluding carboxylic acids is 2. The fraction of sp³-hybridized carbons (Fsp3) is 0.120. The SMILES string of the molecule is Cc1ccc(N2C(=O)C(=O)/C(=C(/O)c3ccc(Br)cc3)C2c2ccc(O)c(Cl)c2)cc1C. The average molecular weight is 513 g/mol. The molecule has 32 heavy (non-hydrogen) atoms. The van der Waals surface area contributed by atoms with Crippen LogP contribution in [0.15, 0.2) is 70.7 Å². The Hall–Kier alpha value is -3.09. The van der Waals surface area contributed by atoms with Crippen LogP contribution in [0.2, 0.25) is 5.02 Å². The van der Waals surface area contributed by atoms with Crippen molar-refractivity contribution in [2.45, 2.75) is 19.9 Å². The molecule has 0 radical (unpaired) electrons. The lowest BCUT2D eigenvalue weighted by Crippen LogP contribution is -2.29. The Morgan fingerprint density at radius 1 is 0.969 bits per heavy atom. The lowest BCUT2D eigenvalue weighted by molar-refractivity contribution is -0.132. The molecule has 1 atom stereocenters. The molecule has 0 spiro atoms. The first-order valence-corrected chi connectivity index (χ1v) is 11.0. The molecule has 1 fully saturated rings. The second kappa shape index (κ2) is 8.45. The van der Waals surface area contributed by atoms with Gasteiger partial charge < -0.3 is 10.2 Å². The molecule has 1 amide bonds. The Labute approximate surface area is 198 Å². The minimum atomic E-state index is -0.918. The summed E-state index contributed by atoms with van der Waals surface area (Å²) in [5, 5.41) is 21.1. The van der Waals surface area contributed by atoms with E-state index in [9.17, 15) is 19.8 Å². The number of hydrogen-bond acceptors (Lipinski definition) is 4. The smallest absolute Gasteiger partial charge is 0.300 e. The quantitative estimate of drug-likeness (QED) is 0.254. The maximum atomic E-state index is 13.2. The van der Waals surface area contributed by atoms with E-state index in [-0.39, 0.29) is 22.1 Å². The predicted molar refractivity (Wildman–Crippen MR) is 128 cm³/mol. The third kappa shape index (κ3) is 3.80. The van der Waals surface area contributed by atoms with E-state index in [1.165, 1.54) is 17.0 Å². The van der Waals surface area contributed by atoms with Gasteiger partial charge in [0.05, 0.1) is 16.6 Å². The van der Waals surface area contributed by atoms with E-state index in [0.29, 0.717) is 16.8 Å². The fourth-order valence-corrected chi connectivity index (χ4v) is 4.20. The van der Waals surface area contributed by atoms with E-state index >= 15 is 0 Å². The molecule has 0 saturated carbocycles. The number of carbonyl (C=O) groups is 2. The summed E-state index contributed by atoms with van der Waals surface area (Å²) in [5.41, 5.74) is 3.38. The molecule has 3 aromatic rings. The van der Waals surface area contributed by atoms with E-state index in [1.807, 2.05) is 26.0 Å². The number of hydrogen-bond donors (Lipinski definition) is 2. The summed E-state index contributed by atoms with van der Waals surface area (Å²) in [6.07, 6.45) is 0. The van der Waals surface area contributed by atoms with E-state index in [2.05, 4.69) is 15.9 Å². The molecule has 2 N–H and O–H groups in total. The second-order valence-electron chi connectivity index (χ2n) is 7.66. The second-order valence-corrected chi connectivity index (χ2v) is 8.98. The van der Waals surface area contributed by atoms with E-state index in [4.69, 9.17) is 11.6 Å². The number of rotatable bonds is 3. The Morgan fingerprint density at radius 2 is 1.66 bits per heavy atom. The summed E-state index contributed by atoms with van der Waals surface area (Å²) < 4.78 is 0.812. The molecule has 162 valence electrons. The van der Waals surface area contributed by atoms with Gasteiger partial charge in [0, 0.05) is 15.7 Å². The molecular weight excluding hydrogens is 494 g/mol. The zero-order chi connectivity index (χ0) is 23.2. The maximum absolute atomic E-state index is 13.2. The van der Waals surface area contributed by atoms with Crippen LogP contribution in [0.1, 0.15) is 28.3 Å². The van der Waals surface area contributed by atoms with Crippen molar-refractivity contribution in [3.63, 3.8) is 0 Å². The number of benzene rings is 3. The normalized spacial score (nSPS) is 17.8. The number of anilines is 1. The van der Waals surface area contributed by atoms with Crippen LogP contribution < -0.4 is 4.90 Å². The molecule has 1 aliphatic rings. The van der Waals surface area contributed by atoms with Crippen LogP contribution >= 0.6 is 27.5 Å². The van der Waals surface area contributed by atoms with Gasteiger partial charge in [-0.25, -0.2) is 0 Å². The third-order valence-electron chi connectivity index (χ3n) is 5.62. The molecule has 1 unspecified atom stereocenters. The standard InChI is InChI=1S/C25H19BrClNO4/c1-13-3-9-18(11-14(13)2)28-22(16-6-10-20(29)19(27)12-16)21(24(31)25(28)32)23(30)15-4-7-17(26)8-5-15/h3-12,22,29-30H,1-2H3/b23-21+. The van der Waals surface area contributed by atoms with Gasteiger partial charge in [-0.1, -0.05) is 51.8 Å². The highest BCUT2D eigenvalue weighted by Gasteiger charge is 2.47. The lowest BCUT2D eigenvalue weighted by atomic mass is 9.95. The van der Waals surface area contributed by atoms with Gasteiger partial charge in [0.2, 0.25) is 0 Å². The van der Waals surface area contributed by atoms with Gasteiger partial charge in [-0.15, -0.1) is 0 Å². The van der Waals surface area contributed by atoms with Gasteiger partial charge in [-0.3, -0.25) is 14.5 Å². The number of phenols is 1. The molecule has 1 saturated heterocycles. The Kier molecular flexibility index (Phi) is 5.84. The monoisotopic (exact) mass is 511 g/mol. The summed E-state index contributed by atoms with van der Waals surface area (Å²) in [4.78, 5) is 27.7.